The third kappa shape index (κ3) is 4.67. The first kappa shape index (κ1) is 21.8. The van der Waals surface area contributed by atoms with Crippen LogP contribution in [0.1, 0.15) is 54.4 Å². The highest BCUT2D eigenvalue weighted by atomic mass is 32.2. The minimum absolute atomic E-state index is 0.0430. The maximum Gasteiger partial charge on any atom is 0.243 e. The number of carbonyl (C=O) groups excluding carboxylic acids is 1. The fraction of sp³-hybridized carbons (Fsp3) is 0.579. The third-order valence-corrected chi connectivity index (χ3v) is 7.72. The van der Waals surface area contributed by atoms with Crippen molar-refractivity contribution in [2.45, 2.75) is 71.4 Å². The van der Waals surface area contributed by atoms with Gasteiger partial charge >= 0.3 is 0 Å². The summed E-state index contributed by atoms with van der Waals surface area (Å²) in [7, 11) is -3.60. The molecule has 1 amide bonds. The van der Waals surface area contributed by atoms with Crippen LogP contribution >= 0.6 is 11.3 Å². The maximum absolute atomic E-state index is 13.1. The van der Waals surface area contributed by atoms with Crippen LogP contribution in [0.3, 0.4) is 0 Å². The number of hydrogen-bond donors (Lipinski definition) is 1. The first-order valence-electron chi connectivity index (χ1n) is 9.36. The van der Waals surface area contributed by atoms with Crippen LogP contribution in [-0.4, -0.2) is 35.7 Å². The lowest BCUT2D eigenvalue weighted by atomic mass is 10.0. The molecule has 0 radical (unpaired) electrons. The van der Waals surface area contributed by atoms with Gasteiger partial charge in [0, 0.05) is 18.0 Å². The van der Waals surface area contributed by atoms with E-state index in [1.807, 2.05) is 41.5 Å². The second-order valence-corrected chi connectivity index (χ2v) is 10.0. The number of hydrogen-bond acceptors (Lipinski definition) is 5. The molecule has 0 spiro atoms. The van der Waals surface area contributed by atoms with Gasteiger partial charge in [-0.2, -0.15) is 4.31 Å². The number of rotatable bonds is 8. The van der Waals surface area contributed by atoms with Gasteiger partial charge < -0.3 is 5.32 Å². The number of fused-ring (bicyclic) bond motifs is 1. The molecule has 6 nitrogen and oxygen atoms in total. The molecule has 1 aromatic heterocycles. The number of anilines is 1. The maximum atomic E-state index is 13.1. The topological polar surface area (TPSA) is 79.4 Å². The summed E-state index contributed by atoms with van der Waals surface area (Å²) in [4.78, 5) is 16.9. The van der Waals surface area contributed by atoms with Gasteiger partial charge in [0.25, 0.3) is 0 Å². The Balaban J connectivity index is 2.36. The molecule has 1 N–H and O–H groups in total. The second-order valence-electron chi connectivity index (χ2n) is 7.17. The summed E-state index contributed by atoms with van der Waals surface area (Å²) in [5.74, 6) is -0.0868. The fourth-order valence-electron chi connectivity index (χ4n) is 3.26. The minimum atomic E-state index is -3.60. The quantitative estimate of drug-likeness (QED) is 0.695. The van der Waals surface area contributed by atoms with Crippen molar-refractivity contribution in [2.24, 2.45) is 5.92 Å². The standard InChI is InChI=1S/C19H29N3O3S2/c1-7-14(8-2)18(23)21-19-20-16-10-9-15(11-17(16)26-19)27(24,25)22(12(3)4)13(5)6/h9-14H,7-8H2,1-6H3,(H,20,21,23). The van der Waals surface area contributed by atoms with Crippen LogP contribution in [-0.2, 0) is 14.8 Å². The highest BCUT2D eigenvalue weighted by Gasteiger charge is 2.29. The molecule has 27 heavy (non-hydrogen) atoms. The Morgan fingerprint density at radius 1 is 1.15 bits per heavy atom. The van der Waals surface area contributed by atoms with Crippen molar-refractivity contribution in [1.82, 2.24) is 9.29 Å². The zero-order valence-corrected chi connectivity index (χ0v) is 18.4. The van der Waals surface area contributed by atoms with Crippen LogP contribution in [0.5, 0.6) is 0 Å². The molecule has 150 valence electrons. The van der Waals surface area contributed by atoms with Gasteiger partial charge in [-0.3, -0.25) is 4.79 Å². The second kappa shape index (κ2) is 8.67. The molecule has 0 aliphatic heterocycles. The smallest absolute Gasteiger partial charge is 0.243 e. The summed E-state index contributed by atoms with van der Waals surface area (Å²) < 4.78 is 28.3. The number of nitrogens with one attached hydrogen (secondary N) is 1. The van der Waals surface area contributed by atoms with Gasteiger partial charge in [-0.05, 0) is 58.7 Å². The van der Waals surface area contributed by atoms with E-state index >= 15 is 0 Å². The predicted octanol–water partition coefficient (Wildman–Crippen LogP) is 4.48. The van der Waals surface area contributed by atoms with Gasteiger partial charge in [0.05, 0.1) is 15.1 Å². The number of amides is 1. The van der Waals surface area contributed by atoms with Crippen LogP contribution in [0.4, 0.5) is 5.13 Å². The summed E-state index contributed by atoms with van der Waals surface area (Å²) in [6, 6.07) is 4.66. The highest BCUT2D eigenvalue weighted by molar-refractivity contribution is 7.89. The van der Waals surface area contributed by atoms with Gasteiger partial charge in [0.1, 0.15) is 0 Å². The van der Waals surface area contributed by atoms with Crippen molar-refractivity contribution in [3.63, 3.8) is 0 Å². The summed E-state index contributed by atoms with van der Waals surface area (Å²) in [6.45, 7) is 11.4. The van der Waals surface area contributed by atoms with Gasteiger partial charge in [-0.1, -0.05) is 25.2 Å². The van der Waals surface area contributed by atoms with E-state index in [-0.39, 0.29) is 28.8 Å². The zero-order chi connectivity index (χ0) is 20.4. The van der Waals surface area contributed by atoms with Crippen molar-refractivity contribution in [3.8, 4) is 0 Å². The van der Waals surface area contributed by atoms with Crippen LogP contribution < -0.4 is 5.32 Å². The van der Waals surface area contributed by atoms with Gasteiger partial charge in [-0.25, -0.2) is 13.4 Å². The highest BCUT2D eigenvalue weighted by Crippen LogP contribution is 2.30. The SMILES string of the molecule is CCC(CC)C(=O)Nc1nc2ccc(S(=O)(=O)N(C(C)C)C(C)C)cc2s1. The molecule has 0 fully saturated rings. The third-order valence-electron chi connectivity index (χ3n) is 4.54. The van der Waals surface area contributed by atoms with Crippen LogP contribution in [0, 0.1) is 5.92 Å². The van der Waals surface area contributed by atoms with Crippen molar-refractivity contribution in [2.75, 3.05) is 5.32 Å². The molecule has 0 saturated carbocycles. The van der Waals surface area contributed by atoms with Gasteiger partial charge in [0.2, 0.25) is 15.9 Å². The average molecular weight is 412 g/mol. The lowest BCUT2D eigenvalue weighted by Crippen LogP contribution is -2.41. The molecule has 8 heteroatoms. The van der Waals surface area contributed by atoms with Crippen molar-refractivity contribution >= 4 is 42.6 Å². The Labute approximate surface area is 166 Å². The van der Waals surface area contributed by atoms with E-state index in [4.69, 9.17) is 0 Å². The number of sulfonamides is 1. The average Bonchev–Trinajstić information content (AvgIpc) is 2.95. The number of nitrogens with zero attached hydrogens (tertiary/aromatic N) is 2. The molecular formula is C19H29N3O3S2. The lowest BCUT2D eigenvalue weighted by Gasteiger charge is -2.29. The summed E-state index contributed by atoms with van der Waals surface area (Å²) in [5.41, 5.74) is 0.680. The monoisotopic (exact) mass is 411 g/mol. The summed E-state index contributed by atoms with van der Waals surface area (Å²) >= 11 is 1.30. The van der Waals surface area contributed by atoms with Crippen molar-refractivity contribution in [1.29, 1.82) is 0 Å². The van der Waals surface area contributed by atoms with Crippen LogP contribution in [0.15, 0.2) is 23.1 Å². The molecule has 0 atom stereocenters. The van der Waals surface area contributed by atoms with Gasteiger partial charge in [-0.15, -0.1) is 0 Å². The normalized spacial score (nSPS) is 12.7. The molecule has 0 aliphatic carbocycles. The first-order valence-corrected chi connectivity index (χ1v) is 11.6. The molecular weight excluding hydrogens is 382 g/mol. The lowest BCUT2D eigenvalue weighted by molar-refractivity contribution is -0.120. The molecule has 1 aromatic carbocycles. The molecule has 0 saturated heterocycles. The molecule has 0 unspecified atom stereocenters. The number of carbonyl (C=O) groups is 1. The van der Waals surface area contributed by atoms with E-state index in [0.29, 0.717) is 10.6 Å². The Bertz CT molecular complexity index is 892. The molecule has 0 aliphatic rings. The predicted molar refractivity (Wildman–Crippen MR) is 112 cm³/mol. The van der Waals surface area contributed by atoms with E-state index in [1.165, 1.54) is 15.6 Å². The molecule has 2 aromatic rings. The largest absolute Gasteiger partial charge is 0.302 e. The van der Waals surface area contributed by atoms with Gasteiger partial charge in [0.15, 0.2) is 5.13 Å². The van der Waals surface area contributed by atoms with E-state index in [1.54, 1.807) is 18.2 Å². The summed E-state index contributed by atoms with van der Waals surface area (Å²) in [5, 5.41) is 3.36. The fourth-order valence-corrected chi connectivity index (χ4v) is 6.10. The van der Waals surface area contributed by atoms with Crippen LogP contribution in [0.25, 0.3) is 10.2 Å². The van der Waals surface area contributed by atoms with Crippen molar-refractivity contribution in [3.05, 3.63) is 18.2 Å². The Morgan fingerprint density at radius 2 is 1.74 bits per heavy atom. The molecule has 1 heterocycles. The van der Waals surface area contributed by atoms with Crippen LogP contribution in [0.2, 0.25) is 0 Å². The number of aromatic nitrogens is 1. The number of thiazole rings is 1. The van der Waals surface area contributed by atoms with E-state index in [2.05, 4.69) is 10.3 Å². The summed E-state index contributed by atoms with van der Waals surface area (Å²) in [6.07, 6.45) is 1.55. The van der Waals surface area contributed by atoms with E-state index in [9.17, 15) is 13.2 Å². The molecule has 0 bridgehead atoms. The van der Waals surface area contributed by atoms with E-state index < -0.39 is 10.0 Å². The Kier molecular flexibility index (Phi) is 6.99. The first-order chi connectivity index (χ1) is 12.6. The molecule has 2 rings (SSSR count). The van der Waals surface area contributed by atoms with Crippen molar-refractivity contribution < 1.29 is 13.2 Å². The Morgan fingerprint density at radius 3 is 2.26 bits per heavy atom. The minimum Gasteiger partial charge on any atom is -0.302 e. The number of benzene rings is 1. The van der Waals surface area contributed by atoms with E-state index in [0.717, 1.165) is 17.5 Å². The Hall–Kier alpha value is -1.51. The zero-order valence-electron chi connectivity index (χ0n) is 16.8.